The lowest BCUT2D eigenvalue weighted by atomic mass is 9.97. The van der Waals surface area contributed by atoms with E-state index in [-0.39, 0.29) is 12.5 Å². The summed E-state index contributed by atoms with van der Waals surface area (Å²) in [6.45, 7) is 3.84. The number of ether oxygens (including phenoxy) is 1. The number of carbonyl (C=O) groups excluding carboxylic acids is 2. The molecule has 0 fully saturated rings. The molecule has 0 saturated heterocycles. The third-order valence-corrected chi connectivity index (χ3v) is 4.43. The highest BCUT2D eigenvalue weighted by molar-refractivity contribution is 5.96. The van der Waals surface area contributed by atoms with Gasteiger partial charge in [-0.15, -0.1) is 5.10 Å². The molecule has 0 spiro atoms. The lowest BCUT2D eigenvalue weighted by Gasteiger charge is -2.15. The van der Waals surface area contributed by atoms with Crippen LogP contribution in [0, 0.1) is 0 Å². The number of carbonyl (C=O) groups is 2. The molecule has 0 bridgehead atoms. The number of rotatable bonds is 7. The summed E-state index contributed by atoms with van der Waals surface area (Å²) >= 11 is 0. The van der Waals surface area contributed by atoms with Crippen molar-refractivity contribution in [2.45, 2.75) is 26.2 Å². The van der Waals surface area contributed by atoms with Crippen LogP contribution >= 0.6 is 0 Å². The number of nitrogens with zero attached hydrogens (tertiary/aromatic N) is 4. The van der Waals surface area contributed by atoms with E-state index in [4.69, 9.17) is 4.74 Å². The van der Waals surface area contributed by atoms with Crippen LogP contribution < -0.4 is 5.32 Å². The number of hydrogen-bond donors (Lipinski definition) is 1. The van der Waals surface area contributed by atoms with Crippen molar-refractivity contribution >= 4 is 17.6 Å². The van der Waals surface area contributed by atoms with E-state index in [1.54, 1.807) is 24.3 Å². The van der Waals surface area contributed by atoms with Crippen molar-refractivity contribution in [2.24, 2.45) is 0 Å². The highest BCUT2D eigenvalue weighted by Gasteiger charge is 2.14. The number of esters is 1. The van der Waals surface area contributed by atoms with E-state index in [0.29, 0.717) is 17.2 Å². The van der Waals surface area contributed by atoms with E-state index in [1.807, 2.05) is 24.3 Å². The standard InChI is InChI=1S/C20H21N5O3/c1-3-14(2)17-6-4-5-7-18(17)22-19(26)12-28-20(27)15-8-10-16(11-9-15)25-13-21-23-24-25/h4-11,13-14H,3,12H2,1-2H3,(H,22,26)/t14-/m1/s1. The molecule has 0 aliphatic heterocycles. The third kappa shape index (κ3) is 4.59. The van der Waals surface area contributed by atoms with Crippen molar-refractivity contribution in [3.8, 4) is 5.69 Å². The van der Waals surface area contributed by atoms with Crippen molar-refractivity contribution in [1.82, 2.24) is 20.2 Å². The van der Waals surface area contributed by atoms with E-state index < -0.39 is 5.97 Å². The van der Waals surface area contributed by atoms with Gasteiger partial charge < -0.3 is 10.1 Å². The molecule has 1 aromatic heterocycles. The van der Waals surface area contributed by atoms with Crippen molar-refractivity contribution in [1.29, 1.82) is 0 Å². The first-order valence-corrected chi connectivity index (χ1v) is 8.97. The van der Waals surface area contributed by atoms with Crippen LogP contribution in [0.15, 0.2) is 54.9 Å². The first-order valence-electron chi connectivity index (χ1n) is 8.97. The van der Waals surface area contributed by atoms with Gasteiger partial charge in [-0.3, -0.25) is 4.79 Å². The molecule has 8 heteroatoms. The lowest BCUT2D eigenvalue weighted by Crippen LogP contribution is -2.21. The third-order valence-electron chi connectivity index (χ3n) is 4.43. The maximum absolute atomic E-state index is 12.2. The summed E-state index contributed by atoms with van der Waals surface area (Å²) in [6.07, 6.45) is 2.41. The maximum Gasteiger partial charge on any atom is 0.338 e. The molecule has 28 heavy (non-hydrogen) atoms. The van der Waals surface area contributed by atoms with Gasteiger partial charge in [-0.05, 0) is 58.7 Å². The number of aromatic nitrogens is 4. The molecule has 1 amide bonds. The average molecular weight is 379 g/mol. The Hall–Kier alpha value is -3.55. The van der Waals surface area contributed by atoms with Gasteiger partial charge in [-0.25, -0.2) is 9.48 Å². The Kier molecular flexibility index (Phi) is 6.11. The summed E-state index contributed by atoms with van der Waals surface area (Å²) in [6, 6.07) is 14.2. The second kappa shape index (κ2) is 8.90. The summed E-state index contributed by atoms with van der Waals surface area (Å²) in [5.74, 6) is -0.638. The number of tetrazole rings is 1. The minimum Gasteiger partial charge on any atom is -0.452 e. The summed E-state index contributed by atoms with van der Waals surface area (Å²) < 4.78 is 6.59. The molecule has 1 atom stereocenters. The van der Waals surface area contributed by atoms with Crippen LogP contribution in [0.4, 0.5) is 5.69 Å². The van der Waals surface area contributed by atoms with E-state index >= 15 is 0 Å². The number of hydrogen-bond acceptors (Lipinski definition) is 6. The van der Waals surface area contributed by atoms with Crippen LogP contribution in [-0.4, -0.2) is 38.7 Å². The van der Waals surface area contributed by atoms with E-state index in [0.717, 1.165) is 17.7 Å². The van der Waals surface area contributed by atoms with Gasteiger partial charge in [0.25, 0.3) is 5.91 Å². The van der Waals surface area contributed by atoms with Crippen molar-refractivity contribution < 1.29 is 14.3 Å². The van der Waals surface area contributed by atoms with Crippen molar-refractivity contribution in [3.05, 3.63) is 66.0 Å². The molecule has 144 valence electrons. The van der Waals surface area contributed by atoms with Crippen LogP contribution in [-0.2, 0) is 9.53 Å². The second-order valence-electron chi connectivity index (χ2n) is 6.32. The monoisotopic (exact) mass is 379 g/mol. The van der Waals surface area contributed by atoms with Crippen molar-refractivity contribution in [2.75, 3.05) is 11.9 Å². The lowest BCUT2D eigenvalue weighted by molar-refractivity contribution is -0.119. The Morgan fingerprint density at radius 1 is 1.14 bits per heavy atom. The molecule has 0 aliphatic rings. The molecule has 1 N–H and O–H groups in total. The van der Waals surface area contributed by atoms with Gasteiger partial charge in [-0.2, -0.15) is 0 Å². The minimum atomic E-state index is -0.575. The molecule has 3 aromatic rings. The Morgan fingerprint density at radius 2 is 1.89 bits per heavy atom. The second-order valence-corrected chi connectivity index (χ2v) is 6.32. The fourth-order valence-electron chi connectivity index (χ4n) is 2.69. The predicted molar refractivity (Wildman–Crippen MR) is 103 cm³/mol. The number of anilines is 1. The molecule has 0 saturated carbocycles. The van der Waals surface area contributed by atoms with Crippen molar-refractivity contribution in [3.63, 3.8) is 0 Å². The molecule has 0 unspecified atom stereocenters. The zero-order valence-electron chi connectivity index (χ0n) is 15.7. The van der Waals surface area contributed by atoms with Crippen LogP contribution in [0.25, 0.3) is 5.69 Å². The highest BCUT2D eigenvalue weighted by Crippen LogP contribution is 2.26. The highest BCUT2D eigenvalue weighted by atomic mass is 16.5. The maximum atomic E-state index is 12.2. The van der Waals surface area contributed by atoms with Gasteiger partial charge in [0.2, 0.25) is 0 Å². The van der Waals surface area contributed by atoms with Gasteiger partial charge in [0, 0.05) is 5.69 Å². The predicted octanol–water partition coefficient (Wildman–Crippen LogP) is 2.97. The summed E-state index contributed by atoms with van der Waals surface area (Å²) in [4.78, 5) is 24.4. The van der Waals surface area contributed by atoms with E-state index in [9.17, 15) is 9.59 Å². The quantitative estimate of drug-likeness (QED) is 0.634. The summed E-state index contributed by atoms with van der Waals surface area (Å²) in [5, 5.41) is 13.7. The smallest absolute Gasteiger partial charge is 0.338 e. The zero-order chi connectivity index (χ0) is 19.9. The Bertz CT molecular complexity index is 939. The SMILES string of the molecule is CC[C@@H](C)c1ccccc1NC(=O)COC(=O)c1ccc(-n2cnnn2)cc1. The van der Waals surface area contributed by atoms with Gasteiger partial charge in [0.1, 0.15) is 6.33 Å². The van der Waals surface area contributed by atoms with Crippen LogP contribution in [0.2, 0.25) is 0 Å². The Morgan fingerprint density at radius 3 is 2.57 bits per heavy atom. The normalized spacial score (nSPS) is 11.6. The minimum absolute atomic E-state index is 0.317. The molecular weight excluding hydrogens is 358 g/mol. The summed E-state index contributed by atoms with van der Waals surface area (Å²) in [5.41, 5.74) is 2.84. The molecule has 8 nitrogen and oxygen atoms in total. The van der Waals surface area contributed by atoms with Crippen LogP contribution in [0.1, 0.15) is 42.1 Å². The number of benzene rings is 2. The fraction of sp³-hybridized carbons (Fsp3) is 0.250. The first kappa shape index (κ1) is 19.2. The first-order chi connectivity index (χ1) is 13.6. The van der Waals surface area contributed by atoms with Crippen LogP contribution in [0.3, 0.4) is 0 Å². The van der Waals surface area contributed by atoms with Gasteiger partial charge >= 0.3 is 5.97 Å². The average Bonchev–Trinajstić information content (AvgIpc) is 3.27. The zero-order valence-corrected chi connectivity index (χ0v) is 15.7. The molecule has 2 aromatic carbocycles. The number of amides is 1. The number of nitrogens with one attached hydrogen (secondary N) is 1. The number of para-hydroxylation sites is 1. The van der Waals surface area contributed by atoms with Gasteiger partial charge in [0.05, 0.1) is 11.3 Å². The molecule has 3 rings (SSSR count). The van der Waals surface area contributed by atoms with E-state index in [1.165, 1.54) is 11.0 Å². The Balaban J connectivity index is 1.57. The van der Waals surface area contributed by atoms with Crippen LogP contribution in [0.5, 0.6) is 0 Å². The van der Waals surface area contributed by atoms with Gasteiger partial charge in [-0.1, -0.05) is 32.0 Å². The topological polar surface area (TPSA) is 99.0 Å². The molecular formula is C20H21N5O3. The summed E-state index contributed by atoms with van der Waals surface area (Å²) in [7, 11) is 0. The van der Waals surface area contributed by atoms with Gasteiger partial charge in [0.15, 0.2) is 6.61 Å². The van der Waals surface area contributed by atoms with E-state index in [2.05, 4.69) is 34.7 Å². The molecule has 0 aliphatic carbocycles. The fourth-order valence-corrected chi connectivity index (χ4v) is 2.69. The largest absolute Gasteiger partial charge is 0.452 e. The Labute approximate surface area is 162 Å². The molecule has 1 heterocycles. The molecule has 0 radical (unpaired) electrons.